The van der Waals surface area contributed by atoms with Crippen LogP contribution in [0.5, 0.6) is 0 Å². The average Bonchev–Trinajstić information content (AvgIpc) is 2.27. The van der Waals surface area contributed by atoms with E-state index < -0.39 is 6.09 Å². The second kappa shape index (κ2) is 4.61. The lowest BCUT2D eigenvalue weighted by atomic mass is 10.1. The summed E-state index contributed by atoms with van der Waals surface area (Å²) in [5.41, 5.74) is 1.16. The smallest absolute Gasteiger partial charge is 0.411 e. The van der Waals surface area contributed by atoms with Crippen LogP contribution in [0, 0.1) is 0 Å². The highest BCUT2D eigenvalue weighted by atomic mass is 79.9. The Balaban J connectivity index is 2.59. The van der Waals surface area contributed by atoms with Crippen LogP contribution in [0.25, 0.3) is 0 Å². The van der Waals surface area contributed by atoms with Gasteiger partial charge in [-0.15, -0.1) is 0 Å². The van der Waals surface area contributed by atoms with E-state index in [4.69, 9.17) is 0 Å². The number of benzene rings is 1. The first-order valence-electron chi connectivity index (χ1n) is 5.51. The van der Waals surface area contributed by atoms with E-state index in [0.717, 1.165) is 4.47 Å². The molecule has 0 fully saturated rings. The molecule has 1 aromatic rings. The topological polar surface area (TPSA) is 60.9 Å². The van der Waals surface area contributed by atoms with Gasteiger partial charge in [0.1, 0.15) is 0 Å². The Labute approximate surface area is 113 Å². The van der Waals surface area contributed by atoms with Gasteiger partial charge in [-0.2, -0.15) is 0 Å². The van der Waals surface area contributed by atoms with Crippen molar-refractivity contribution in [3.63, 3.8) is 0 Å². The van der Waals surface area contributed by atoms with Crippen LogP contribution in [-0.4, -0.2) is 29.7 Å². The lowest BCUT2D eigenvalue weighted by molar-refractivity contribution is -0.117. The molecule has 0 aliphatic carbocycles. The molecule has 1 N–H and O–H groups in total. The van der Waals surface area contributed by atoms with Crippen molar-refractivity contribution in [1.82, 2.24) is 0 Å². The highest BCUT2D eigenvalue weighted by Gasteiger charge is 2.33. The van der Waals surface area contributed by atoms with E-state index in [1.54, 1.807) is 23.1 Å². The summed E-state index contributed by atoms with van der Waals surface area (Å²) >= 11 is 3.32. The van der Waals surface area contributed by atoms with Crippen molar-refractivity contribution in [3.8, 4) is 0 Å². The quantitative estimate of drug-likeness (QED) is 0.801. The predicted molar refractivity (Wildman–Crippen MR) is 72.1 cm³/mol. The summed E-state index contributed by atoms with van der Waals surface area (Å²) in [5.74, 6) is -0.0869. The van der Waals surface area contributed by atoms with Crippen molar-refractivity contribution >= 4 is 39.3 Å². The molecule has 0 saturated carbocycles. The van der Waals surface area contributed by atoms with Gasteiger partial charge in [-0.3, -0.25) is 9.69 Å². The number of halogens is 1. The molecule has 1 aromatic carbocycles. The molecule has 0 bridgehead atoms. The predicted octanol–water partition coefficient (Wildman–Crippen LogP) is 2.69. The Bertz CT molecular complexity index is 518. The van der Waals surface area contributed by atoms with Gasteiger partial charge in [0, 0.05) is 17.9 Å². The third-order valence-corrected chi connectivity index (χ3v) is 3.44. The summed E-state index contributed by atoms with van der Waals surface area (Å²) in [6, 6.07) is 5.09. The summed E-state index contributed by atoms with van der Waals surface area (Å²) in [5, 5.41) is 9.23. The van der Waals surface area contributed by atoms with E-state index in [-0.39, 0.29) is 18.5 Å². The van der Waals surface area contributed by atoms with Gasteiger partial charge in [-0.25, -0.2) is 4.79 Å². The first-order chi connectivity index (χ1) is 8.41. The van der Waals surface area contributed by atoms with Crippen LogP contribution in [0.2, 0.25) is 0 Å². The third-order valence-electron chi connectivity index (χ3n) is 2.95. The number of hydrogen-bond donors (Lipinski definition) is 1. The second-order valence-electron chi connectivity index (χ2n) is 4.26. The Morgan fingerprint density at radius 1 is 1.39 bits per heavy atom. The molecule has 18 heavy (non-hydrogen) atoms. The van der Waals surface area contributed by atoms with E-state index in [0.29, 0.717) is 11.4 Å². The normalized spacial score (nSPS) is 18.5. The molecule has 2 rings (SSSR count). The Kier molecular flexibility index (Phi) is 3.30. The summed E-state index contributed by atoms with van der Waals surface area (Å²) in [7, 11) is 0. The van der Waals surface area contributed by atoms with E-state index in [1.807, 2.05) is 6.92 Å². The molecule has 0 spiro atoms. The van der Waals surface area contributed by atoms with Gasteiger partial charge in [0.15, 0.2) is 0 Å². The standard InChI is InChI=1S/C12H13BrN2O3/c1-7-6-14(12(17)18)11-5-9(13)3-4-10(11)15(7)8(2)16/h3-5,7H,6H2,1-2H3,(H,17,18)/t7-/m0/s1. The molecule has 1 aliphatic rings. The zero-order valence-electron chi connectivity index (χ0n) is 10.1. The lowest BCUT2D eigenvalue weighted by Crippen LogP contribution is -2.51. The summed E-state index contributed by atoms with van der Waals surface area (Å²) < 4.78 is 0.783. The van der Waals surface area contributed by atoms with Gasteiger partial charge < -0.3 is 10.0 Å². The molecule has 0 aromatic heterocycles. The van der Waals surface area contributed by atoms with Gasteiger partial charge in [-0.1, -0.05) is 15.9 Å². The van der Waals surface area contributed by atoms with E-state index in [1.165, 1.54) is 11.8 Å². The minimum absolute atomic E-state index is 0.0869. The fourth-order valence-corrected chi connectivity index (χ4v) is 2.61. The molecular formula is C12H13BrN2O3. The molecule has 1 heterocycles. The van der Waals surface area contributed by atoms with Crippen LogP contribution >= 0.6 is 15.9 Å². The largest absolute Gasteiger partial charge is 0.465 e. The van der Waals surface area contributed by atoms with Crippen LogP contribution in [0.15, 0.2) is 22.7 Å². The maximum Gasteiger partial charge on any atom is 0.411 e. The molecule has 96 valence electrons. The van der Waals surface area contributed by atoms with Crippen LogP contribution in [-0.2, 0) is 4.79 Å². The van der Waals surface area contributed by atoms with E-state index in [9.17, 15) is 14.7 Å². The van der Waals surface area contributed by atoms with Crippen molar-refractivity contribution in [1.29, 1.82) is 0 Å². The van der Waals surface area contributed by atoms with Gasteiger partial charge in [0.25, 0.3) is 0 Å². The van der Waals surface area contributed by atoms with Crippen molar-refractivity contribution in [2.45, 2.75) is 19.9 Å². The summed E-state index contributed by atoms with van der Waals surface area (Å²) in [6.45, 7) is 3.60. The molecule has 0 unspecified atom stereocenters. The maximum atomic E-state index is 11.7. The third kappa shape index (κ3) is 2.08. The number of anilines is 2. The van der Waals surface area contributed by atoms with E-state index in [2.05, 4.69) is 15.9 Å². The molecular weight excluding hydrogens is 300 g/mol. The highest BCUT2D eigenvalue weighted by molar-refractivity contribution is 9.10. The fraction of sp³-hybridized carbons (Fsp3) is 0.333. The van der Waals surface area contributed by atoms with Crippen molar-refractivity contribution in [3.05, 3.63) is 22.7 Å². The van der Waals surface area contributed by atoms with Crippen LogP contribution in [0.4, 0.5) is 16.2 Å². The zero-order chi connectivity index (χ0) is 13.4. The molecule has 0 radical (unpaired) electrons. The second-order valence-corrected chi connectivity index (χ2v) is 5.18. The van der Waals surface area contributed by atoms with Crippen molar-refractivity contribution < 1.29 is 14.7 Å². The number of rotatable bonds is 0. The van der Waals surface area contributed by atoms with Crippen molar-refractivity contribution in [2.75, 3.05) is 16.3 Å². The Hall–Kier alpha value is -1.56. The van der Waals surface area contributed by atoms with Crippen LogP contribution in [0.1, 0.15) is 13.8 Å². The maximum absolute atomic E-state index is 11.7. The number of nitrogens with zero attached hydrogens (tertiary/aromatic N) is 2. The average molecular weight is 313 g/mol. The highest BCUT2D eigenvalue weighted by Crippen LogP contribution is 2.37. The molecule has 5 nitrogen and oxygen atoms in total. The Morgan fingerprint density at radius 2 is 2.06 bits per heavy atom. The summed E-state index contributed by atoms with van der Waals surface area (Å²) in [6.07, 6.45) is -1.01. The van der Waals surface area contributed by atoms with Gasteiger partial charge in [0.05, 0.1) is 17.4 Å². The number of amides is 2. The molecule has 0 saturated heterocycles. The van der Waals surface area contributed by atoms with Crippen molar-refractivity contribution in [2.24, 2.45) is 0 Å². The fourth-order valence-electron chi connectivity index (χ4n) is 2.26. The van der Waals surface area contributed by atoms with E-state index >= 15 is 0 Å². The van der Waals surface area contributed by atoms with Gasteiger partial charge in [-0.05, 0) is 25.1 Å². The Morgan fingerprint density at radius 3 is 2.61 bits per heavy atom. The minimum Gasteiger partial charge on any atom is -0.465 e. The minimum atomic E-state index is -1.01. The first-order valence-corrected chi connectivity index (χ1v) is 6.31. The zero-order valence-corrected chi connectivity index (χ0v) is 11.6. The van der Waals surface area contributed by atoms with Crippen LogP contribution in [0.3, 0.4) is 0 Å². The number of carboxylic acid groups (broad SMARTS) is 1. The lowest BCUT2D eigenvalue weighted by Gasteiger charge is -2.39. The molecule has 2 amide bonds. The molecule has 6 heteroatoms. The van der Waals surface area contributed by atoms with Crippen LogP contribution < -0.4 is 9.80 Å². The number of fused-ring (bicyclic) bond motifs is 1. The first kappa shape index (κ1) is 12.9. The number of carbonyl (C=O) groups excluding carboxylic acids is 1. The summed E-state index contributed by atoms with van der Waals surface area (Å²) in [4.78, 5) is 25.8. The molecule has 1 atom stereocenters. The monoisotopic (exact) mass is 312 g/mol. The van der Waals surface area contributed by atoms with Gasteiger partial charge in [0.2, 0.25) is 5.91 Å². The number of carbonyl (C=O) groups is 2. The molecule has 1 aliphatic heterocycles. The number of hydrogen-bond acceptors (Lipinski definition) is 2. The van der Waals surface area contributed by atoms with Gasteiger partial charge >= 0.3 is 6.09 Å². The SMILES string of the molecule is CC(=O)N1c2ccc(Br)cc2N(C(=O)O)C[C@@H]1C.